The summed E-state index contributed by atoms with van der Waals surface area (Å²) in [6, 6.07) is 0. The maximum absolute atomic E-state index is 12.2. The lowest BCUT2D eigenvalue weighted by molar-refractivity contribution is -0.218. The third kappa shape index (κ3) is 4.62. The van der Waals surface area contributed by atoms with E-state index < -0.39 is 12.1 Å². The Morgan fingerprint density at radius 3 is 2.29 bits per heavy atom. The first-order valence-corrected chi connectivity index (χ1v) is 13.6. The topological polar surface area (TPSA) is 110 Å². The van der Waals surface area contributed by atoms with Gasteiger partial charge in [-0.1, -0.05) is 20.8 Å². The number of carbonyl (C=O) groups excluding carboxylic acids is 2. The number of carboxylic acids is 1. The molecular formula is C28H44O7. The van der Waals surface area contributed by atoms with E-state index in [4.69, 9.17) is 9.47 Å². The molecule has 0 aromatic carbocycles. The van der Waals surface area contributed by atoms with Crippen LogP contribution in [0, 0.1) is 46.3 Å². The average Bonchev–Trinajstić information content (AvgIpc) is 3.11. The Morgan fingerprint density at radius 1 is 0.971 bits per heavy atom. The van der Waals surface area contributed by atoms with Crippen molar-refractivity contribution in [3.05, 3.63) is 0 Å². The van der Waals surface area contributed by atoms with Gasteiger partial charge in [0.1, 0.15) is 12.2 Å². The van der Waals surface area contributed by atoms with Crippen molar-refractivity contribution in [3.63, 3.8) is 0 Å². The number of aliphatic hydroxyl groups is 1. The van der Waals surface area contributed by atoms with E-state index in [1.54, 1.807) is 0 Å². The highest BCUT2D eigenvalue weighted by atomic mass is 16.5. The lowest BCUT2D eigenvalue weighted by Crippen LogP contribution is -2.63. The van der Waals surface area contributed by atoms with Gasteiger partial charge in [0.15, 0.2) is 0 Å². The first-order valence-electron chi connectivity index (χ1n) is 13.6. The van der Waals surface area contributed by atoms with Crippen LogP contribution in [0.15, 0.2) is 0 Å². The van der Waals surface area contributed by atoms with E-state index in [1.807, 2.05) is 0 Å². The van der Waals surface area contributed by atoms with E-state index in [1.165, 1.54) is 13.8 Å². The zero-order valence-corrected chi connectivity index (χ0v) is 22.0. The molecule has 4 fully saturated rings. The summed E-state index contributed by atoms with van der Waals surface area (Å²) in [7, 11) is 0. The number of esters is 2. The Kier molecular flexibility index (Phi) is 7.31. The van der Waals surface area contributed by atoms with Crippen LogP contribution in [0.4, 0.5) is 0 Å². The maximum atomic E-state index is 12.2. The highest BCUT2D eigenvalue weighted by Gasteiger charge is 2.66. The summed E-state index contributed by atoms with van der Waals surface area (Å²) < 4.78 is 11.6. The van der Waals surface area contributed by atoms with Crippen LogP contribution in [0.25, 0.3) is 0 Å². The molecule has 0 saturated heterocycles. The number of aliphatic hydroxyl groups excluding tert-OH is 1. The monoisotopic (exact) mass is 492 g/mol. The molecule has 4 aliphatic rings. The van der Waals surface area contributed by atoms with E-state index in [0.29, 0.717) is 12.8 Å². The fourth-order valence-electron chi connectivity index (χ4n) is 9.32. The SMILES string of the molecule is CC(=O)O[C@@H]1CC[C@]2(C)[C@H](C1)C[C@@H](OC(C)=O)[C@@H]1[C@@H]2C[C@H](O)[C@@]2(C)[C@@H]([C@H](C)CCC(=O)O)CC[C@@H]12. The molecule has 0 amide bonds. The van der Waals surface area contributed by atoms with Gasteiger partial charge in [-0.25, -0.2) is 0 Å². The summed E-state index contributed by atoms with van der Waals surface area (Å²) in [4.78, 5) is 35.0. The molecule has 0 spiro atoms. The van der Waals surface area contributed by atoms with Crippen LogP contribution < -0.4 is 0 Å². The second-order valence-corrected chi connectivity index (χ2v) is 12.6. The second-order valence-electron chi connectivity index (χ2n) is 12.6. The number of fused-ring (bicyclic) bond motifs is 5. The summed E-state index contributed by atoms with van der Waals surface area (Å²) in [6.45, 7) is 9.63. The normalized spacial score (nSPS) is 45.4. The van der Waals surface area contributed by atoms with Crippen LogP contribution in [0.3, 0.4) is 0 Å². The summed E-state index contributed by atoms with van der Waals surface area (Å²) in [5.41, 5.74) is -0.303. The lowest BCUT2D eigenvalue weighted by Gasteiger charge is -2.64. The summed E-state index contributed by atoms with van der Waals surface area (Å²) >= 11 is 0. The molecule has 0 unspecified atom stereocenters. The number of ether oxygens (including phenoxy) is 2. The zero-order valence-electron chi connectivity index (χ0n) is 22.0. The Balaban J connectivity index is 1.64. The zero-order chi connectivity index (χ0) is 25.7. The molecule has 35 heavy (non-hydrogen) atoms. The van der Waals surface area contributed by atoms with E-state index in [2.05, 4.69) is 20.8 Å². The van der Waals surface area contributed by atoms with Gasteiger partial charge >= 0.3 is 17.9 Å². The molecule has 0 aromatic heterocycles. The van der Waals surface area contributed by atoms with Crippen molar-refractivity contribution in [3.8, 4) is 0 Å². The third-order valence-corrected chi connectivity index (χ3v) is 10.9. The van der Waals surface area contributed by atoms with Crippen molar-refractivity contribution < 1.29 is 34.1 Å². The summed E-state index contributed by atoms with van der Waals surface area (Å²) in [6.07, 6.45) is 5.99. The van der Waals surface area contributed by atoms with Crippen molar-refractivity contribution >= 4 is 17.9 Å². The van der Waals surface area contributed by atoms with Gasteiger partial charge in [0.25, 0.3) is 0 Å². The summed E-state index contributed by atoms with van der Waals surface area (Å²) in [5.74, 6) is 0.128. The van der Waals surface area contributed by atoms with Gasteiger partial charge in [0, 0.05) is 26.2 Å². The van der Waals surface area contributed by atoms with Crippen molar-refractivity contribution in [1.82, 2.24) is 0 Å². The molecule has 0 aromatic rings. The van der Waals surface area contributed by atoms with Gasteiger partial charge < -0.3 is 19.7 Å². The minimum Gasteiger partial charge on any atom is -0.481 e. The average molecular weight is 493 g/mol. The Bertz CT molecular complexity index is 841. The summed E-state index contributed by atoms with van der Waals surface area (Å²) in [5, 5.41) is 20.9. The Morgan fingerprint density at radius 2 is 1.66 bits per heavy atom. The molecule has 11 atom stereocenters. The lowest BCUT2D eigenvalue weighted by atomic mass is 9.43. The molecule has 0 aliphatic heterocycles. The van der Waals surface area contributed by atoms with Crippen LogP contribution >= 0.6 is 0 Å². The molecule has 0 heterocycles. The largest absolute Gasteiger partial charge is 0.481 e. The minimum absolute atomic E-state index is 0.00723. The smallest absolute Gasteiger partial charge is 0.303 e. The molecule has 7 nitrogen and oxygen atoms in total. The molecule has 0 radical (unpaired) electrons. The van der Waals surface area contributed by atoms with Gasteiger partial charge in [0.2, 0.25) is 0 Å². The number of hydrogen-bond donors (Lipinski definition) is 2. The molecule has 4 saturated carbocycles. The molecule has 2 N–H and O–H groups in total. The van der Waals surface area contributed by atoms with Crippen molar-refractivity contribution in [1.29, 1.82) is 0 Å². The van der Waals surface area contributed by atoms with Gasteiger partial charge in [-0.05, 0) is 91.8 Å². The third-order valence-electron chi connectivity index (χ3n) is 10.9. The number of carboxylic acid groups (broad SMARTS) is 1. The molecular weight excluding hydrogens is 448 g/mol. The fourth-order valence-corrected chi connectivity index (χ4v) is 9.32. The van der Waals surface area contributed by atoms with Gasteiger partial charge in [-0.3, -0.25) is 14.4 Å². The molecule has 7 heteroatoms. The Labute approximate surface area is 209 Å². The van der Waals surface area contributed by atoms with E-state index in [9.17, 15) is 24.6 Å². The van der Waals surface area contributed by atoms with E-state index in [0.717, 1.165) is 38.5 Å². The van der Waals surface area contributed by atoms with Crippen molar-refractivity contribution in [2.45, 2.75) is 111 Å². The number of hydrogen-bond acceptors (Lipinski definition) is 6. The molecule has 4 aliphatic carbocycles. The second kappa shape index (κ2) is 9.68. The van der Waals surface area contributed by atoms with Gasteiger partial charge in [-0.15, -0.1) is 0 Å². The first kappa shape index (κ1) is 26.4. The van der Waals surface area contributed by atoms with Gasteiger partial charge in [0.05, 0.1) is 6.10 Å². The standard InChI is InChI=1S/C28H44O7/c1-15(6-9-25(32)33)20-7-8-21-26-22(14-24(31)28(20,21)5)27(4)11-10-19(34-16(2)29)12-18(27)13-23(26)35-17(3)30/h15,18-24,26,31H,6-14H2,1-5H3,(H,32,33)/t15-,18-,19-,20-,21+,22+,23-,24+,26+,27-,28+/m1/s1. The van der Waals surface area contributed by atoms with E-state index in [-0.39, 0.29) is 76.9 Å². The predicted molar refractivity (Wildman–Crippen MR) is 129 cm³/mol. The molecule has 4 rings (SSSR count). The van der Waals surface area contributed by atoms with Crippen LogP contribution in [-0.4, -0.2) is 46.4 Å². The fraction of sp³-hybridized carbons (Fsp3) is 0.893. The molecule has 0 bridgehead atoms. The molecule has 198 valence electrons. The number of carbonyl (C=O) groups is 3. The maximum Gasteiger partial charge on any atom is 0.303 e. The van der Waals surface area contributed by atoms with Crippen molar-refractivity contribution in [2.75, 3.05) is 0 Å². The predicted octanol–water partition coefficient (Wildman–Crippen LogP) is 4.59. The van der Waals surface area contributed by atoms with Crippen LogP contribution in [-0.2, 0) is 23.9 Å². The minimum atomic E-state index is -0.772. The van der Waals surface area contributed by atoms with E-state index >= 15 is 0 Å². The highest BCUT2D eigenvalue weighted by Crippen LogP contribution is 2.68. The highest BCUT2D eigenvalue weighted by molar-refractivity contribution is 5.67. The number of aliphatic carboxylic acids is 1. The van der Waals surface area contributed by atoms with Gasteiger partial charge in [-0.2, -0.15) is 0 Å². The van der Waals surface area contributed by atoms with Crippen LogP contribution in [0.1, 0.15) is 92.4 Å². The van der Waals surface area contributed by atoms with Crippen molar-refractivity contribution in [2.24, 2.45) is 46.3 Å². The Hall–Kier alpha value is -1.63. The number of rotatable bonds is 6. The van der Waals surface area contributed by atoms with Crippen LogP contribution in [0.5, 0.6) is 0 Å². The van der Waals surface area contributed by atoms with Crippen LogP contribution in [0.2, 0.25) is 0 Å². The quantitative estimate of drug-likeness (QED) is 0.522. The first-order chi connectivity index (χ1) is 16.4.